The first-order chi connectivity index (χ1) is 13.8. The molecule has 0 aliphatic carbocycles. The fourth-order valence-corrected chi connectivity index (χ4v) is 3.40. The number of carboxylic acids is 1. The van der Waals surface area contributed by atoms with E-state index in [0.29, 0.717) is 5.69 Å². The van der Waals surface area contributed by atoms with Crippen LogP contribution in [0, 0.1) is 0 Å². The summed E-state index contributed by atoms with van der Waals surface area (Å²) >= 11 is 0. The minimum Gasteiger partial charge on any atom is -0.475 e. The van der Waals surface area contributed by atoms with Crippen molar-refractivity contribution in [3.63, 3.8) is 0 Å². The van der Waals surface area contributed by atoms with Crippen molar-refractivity contribution < 1.29 is 32.3 Å². The molecule has 2 aromatic rings. The summed E-state index contributed by atoms with van der Waals surface area (Å²) in [7, 11) is 0. The Bertz CT molecular complexity index is 842. The largest absolute Gasteiger partial charge is 0.490 e. The van der Waals surface area contributed by atoms with Crippen molar-refractivity contribution in [3.05, 3.63) is 41.1 Å². The zero-order chi connectivity index (χ0) is 21.0. The topological polar surface area (TPSA) is 103 Å². The smallest absolute Gasteiger partial charge is 0.475 e. The van der Waals surface area contributed by atoms with Crippen molar-refractivity contribution in [2.45, 2.75) is 38.5 Å². The van der Waals surface area contributed by atoms with Crippen molar-refractivity contribution in [2.75, 3.05) is 19.6 Å². The molecule has 1 amide bonds. The average Bonchev–Trinajstić information content (AvgIpc) is 3.42. The van der Waals surface area contributed by atoms with E-state index in [1.54, 1.807) is 12.5 Å². The third-order valence-electron chi connectivity index (χ3n) is 4.84. The van der Waals surface area contributed by atoms with Gasteiger partial charge in [-0.25, -0.2) is 4.79 Å². The second-order valence-electron chi connectivity index (χ2n) is 6.92. The maximum Gasteiger partial charge on any atom is 0.490 e. The van der Waals surface area contributed by atoms with Crippen LogP contribution in [-0.4, -0.2) is 62.8 Å². The van der Waals surface area contributed by atoms with Gasteiger partial charge in [0.2, 0.25) is 0 Å². The number of carboxylic acid groups (broad SMARTS) is 1. The Morgan fingerprint density at radius 3 is 2.52 bits per heavy atom. The van der Waals surface area contributed by atoms with Gasteiger partial charge in [0.05, 0.1) is 18.2 Å². The van der Waals surface area contributed by atoms with Gasteiger partial charge in [-0.3, -0.25) is 14.8 Å². The molecule has 0 aromatic carbocycles. The Kier molecular flexibility index (Phi) is 6.26. The number of aromatic amines is 1. The van der Waals surface area contributed by atoms with Crippen LogP contribution in [0.4, 0.5) is 13.2 Å². The normalized spacial score (nSPS) is 16.9. The molecule has 4 rings (SSSR count). The number of H-pyrrole nitrogens is 1. The lowest BCUT2D eigenvalue weighted by molar-refractivity contribution is -0.192. The number of rotatable bonds is 3. The van der Waals surface area contributed by atoms with E-state index in [1.807, 2.05) is 11.0 Å². The fourth-order valence-electron chi connectivity index (χ4n) is 3.40. The molecule has 29 heavy (non-hydrogen) atoms. The van der Waals surface area contributed by atoms with E-state index in [0.717, 1.165) is 63.2 Å². The van der Waals surface area contributed by atoms with Crippen LogP contribution in [0.5, 0.6) is 0 Å². The summed E-state index contributed by atoms with van der Waals surface area (Å²) < 4.78 is 36.9. The second kappa shape index (κ2) is 8.68. The molecule has 1 fully saturated rings. The number of hydrogen-bond acceptors (Lipinski definition) is 5. The molecule has 0 saturated carbocycles. The third kappa shape index (κ3) is 5.17. The molecule has 8 nitrogen and oxygen atoms in total. The minimum atomic E-state index is -5.08. The van der Waals surface area contributed by atoms with Crippen molar-refractivity contribution in [1.29, 1.82) is 0 Å². The van der Waals surface area contributed by atoms with E-state index in [2.05, 4.69) is 15.1 Å². The zero-order valence-corrected chi connectivity index (χ0v) is 15.5. The predicted octanol–water partition coefficient (Wildman–Crippen LogP) is 2.43. The van der Waals surface area contributed by atoms with Crippen LogP contribution in [-0.2, 0) is 24.3 Å². The number of alkyl halides is 3. The number of furan rings is 1. The van der Waals surface area contributed by atoms with Gasteiger partial charge < -0.3 is 14.4 Å². The first kappa shape index (κ1) is 20.9. The highest BCUT2D eigenvalue weighted by Gasteiger charge is 2.38. The number of carbonyl (C=O) groups excluding carboxylic acids is 1. The number of nitrogens with one attached hydrogen (secondary N) is 1. The molecule has 1 saturated heterocycles. The number of hydrogen-bond donors (Lipinski definition) is 2. The van der Waals surface area contributed by atoms with Gasteiger partial charge in [-0.2, -0.15) is 18.3 Å². The summed E-state index contributed by atoms with van der Waals surface area (Å²) in [6.45, 7) is 4.35. The van der Waals surface area contributed by atoms with E-state index in [-0.39, 0.29) is 5.91 Å². The summed E-state index contributed by atoms with van der Waals surface area (Å²) in [6, 6.07) is 1.99. The van der Waals surface area contributed by atoms with Gasteiger partial charge in [-0.05, 0) is 25.3 Å². The highest BCUT2D eigenvalue weighted by molar-refractivity contribution is 5.94. The van der Waals surface area contributed by atoms with Gasteiger partial charge in [-0.15, -0.1) is 0 Å². The molecule has 0 atom stereocenters. The monoisotopic (exact) mass is 414 g/mol. The number of likely N-dealkylation sites (tertiary alicyclic amines) is 1. The highest BCUT2D eigenvalue weighted by atomic mass is 19.4. The molecule has 158 valence electrons. The molecule has 2 N–H and O–H groups in total. The first-order valence-corrected chi connectivity index (χ1v) is 9.14. The standard InChI is InChI=1S/C16H20N4O2.C2HF3O2/c21-16(20-5-1-2-6-20)15-13-3-7-19(10-14(13)17-18-15)9-12-4-8-22-11-12;3-2(4,5)1(6)7/h4,8,11H,1-3,5-7,9-10H2,(H,17,18);(H,6,7). The maximum atomic E-state index is 12.5. The molecule has 2 aliphatic rings. The summed E-state index contributed by atoms with van der Waals surface area (Å²) in [6.07, 6.45) is 1.49. The van der Waals surface area contributed by atoms with E-state index in [1.165, 1.54) is 5.56 Å². The number of nitrogens with zero attached hydrogens (tertiary/aromatic N) is 3. The number of aromatic nitrogens is 2. The van der Waals surface area contributed by atoms with Crippen molar-refractivity contribution in [3.8, 4) is 0 Å². The molecule has 0 spiro atoms. The highest BCUT2D eigenvalue weighted by Crippen LogP contribution is 2.23. The molecule has 0 bridgehead atoms. The lowest BCUT2D eigenvalue weighted by Crippen LogP contribution is -2.32. The number of fused-ring (bicyclic) bond motifs is 1. The number of amides is 1. The maximum absolute atomic E-state index is 12.5. The Morgan fingerprint density at radius 2 is 1.93 bits per heavy atom. The molecule has 2 aliphatic heterocycles. The number of halogens is 3. The number of aliphatic carboxylic acids is 1. The minimum absolute atomic E-state index is 0.0956. The van der Waals surface area contributed by atoms with Crippen molar-refractivity contribution in [2.24, 2.45) is 0 Å². The van der Waals surface area contributed by atoms with Crippen LogP contribution in [0.2, 0.25) is 0 Å². The third-order valence-corrected chi connectivity index (χ3v) is 4.84. The fraction of sp³-hybridized carbons (Fsp3) is 0.500. The summed E-state index contributed by atoms with van der Waals surface area (Å²) in [5.74, 6) is -2.66. The Balaban J connectivity index is 0.000000298. The van der Waals surface area contributed by atoms with E-state index in [4.69, 9.17) is 14.3 Å². The van der Waals surface area contributed by atoms with Gasteiger partial charge >= 0.3 is 12.1 Å². The average molecular weight is 414 g/mol. The van der Waals surface area contributed by atoms with Crippen LogP contribution in [0.1, 0.15) is 40.2 Å². The van der Waals surface area contributed by atoms with Gasteiger partial charge in [0.15, 0.2) is 5.69 Å². The van der Waals surface area contributed by atoms with Crippen LogP contribution in [0.3, 0.4) is 0 Å². The Labute approximate surface area is 164 Å². The SMILES string of the molecule is O=C(O)C(F)(F)F.O=C(c1n[nH]c2c1CCN(Cc1ccoc1)C2)N1CCCC1. The lowest BCUT2D eigenvalue weighted by atomic mass is 10.0. The van der Waals surface area contributed by atoms with E-state index < -0.39 is 12.1 Å². The summed E-state index contributed by atoms with van der Waals surface area (Å²) in [5.41, 5.74) is 4.01. The summed E-state index contributed by atoms with van der Waals surface area (Å²) in [5, 5.41) is 14.5. The quantitative estimate of drug-likeness (QED) is 0.800. The molecule has 4 heterocycles. The second-order valence-corrected chi connectivity index (χ2v) is 6.92. The Morgan fingerprint density at radius 1 is 1.24 bits per heavy atom. The van der Waals surface area contributed by atoms with Crippen LogP contribution < -0.4 is 0 Å². The Hall–Kier alpha value is -2.82. The molecule has 2 aromatic heterocycles. The molecule has 0 unspecified atom stereocenters. The van der Waals surface area contributed by atoms with E-state index in [9.17, 15) is 18.0 Å². The first-order valence-electron chi connectivity index (χ1n) is 9.14. The summed E-state index contributed by atoms with van der Waals surface area (Å²) in [4.78, 5) is 25.7. The molecule has 11 heteroatoms. The van der Waals surface area contributed by atoms with Crippen LogP contribution in [0.25, 0.3) is 0 Å². The number of carbonyl (C=O) groups is 2. The molecular weight excluding hydrogens is 393 g/mol. The van der Waals surface area contributed by atoms with E-state index >= 15 is 0 Å². The molecule has 0 radical (unpaired) electrons. The molecular formula is C18H21F3N4O4. The van der Waals surface area contributed by atoms with Gasteiger partial charge in [0.25, 0.3) is 5.91 Å². The lowest BCUT2D eigenvalue weighted by Gasteiger charge is -2.26. The van der Waals surface area contributed by atoms with Gasteiger partial charge in [0.1, 0.15) is 0 Å². The van der Waals surface area contributed by atoms with Crippen molar-refractivity contribution in [1.82, 2.24) is 20.0 Å². The van der Waals surface area contributed by atoms with Crippen LogP contribution >= 0.6 is 0 Å². The van der Waals surface area contributed by atoms with Gasteiger partial charge in [0, 0.05) is 43.9 Å². The predicted molar refractivity (Wildman–Crippen MR) is 93.9 cm³/mol. The van der Waals surface area contributed by atoms with Crippen molar-refractivity contribution >= 4 is 11.9 Å². The van der Waals surface area contributed by atoms with Crippen LogP contribution in [0.15, 0.2) is 23.0 Å². The zero-order valence-electron chi connectivity index (χ0n) is 15.5. The van der Waals surface area contributed by atoms with Gasteiger partial charge in [-0.1, -0.05) is 0 Å².